The Morgan fingerprint density at radius 1 is 1.04 bits per heavy atom. The van der Waals surface area contributed by atoms with E-state index in [1.807, 2.05) is 47.5 Å². The molecule has 0 bridgehead atoms. The largest absolute Gasteiger partial charge is 0.497 e. The molecule has 0 radical (unpaired) electrons. The number of ether oxygens (including phenoxy) is 2. The SMILES string of the molecule is COc1cccc(C2=NN3[C@@H](C2)c2ccccc2O[C@H]3c2ccc(F)cc2)c1. The molecule has 2 aliphatic rings. The monoisotopic (exact) mass is 374 g/mol. The van der Waals surface area contributed by atoms with Crippen molar-refractivity contribution in [1.29, 1.82) is 0 Å². The number of rotatable bonds is 3. The summed E-state index contributed by atoms with van der Waals surface area (Å²) < 4.78 is 25.1. The molecular formula is C23H19FN2O2. The van der Waals surface area contributed by atoms with Gasteiger partial charge in [-0.15, -0.1) is 0 Å². The summed E-state index contributed by atoms with van der Waals surface area (Å²) in [5.41, 5.74) is 4.00. The van der Waals surface area contributed by atoms with Crippen molar-refractivity contribution in [3.8, 4) is 11.5 Å². The molecule has 2 atom stereocenters. The van der Waals surface area contributed by atoms with Crippen LogP contribution in [0.2, 0.25) is 0 Å². The molecule has 0 saturated heterocycles. The minimum Gasteiger partial charge on any atom is -0.497 e. The molecule has 3 aromatic carbocycles. The van der Waals surface area contributed by atoms with Gasteiger partial charge in [0.25, 0.3) is 0 Å². The van der Waals surface area contributed by atoms with Crippen molar-refractivity contribution in [3.63, 3.8) is 0 Å². The van der Waals surface area contributed by atoms with Gasteiger partial charge in [-0.05, 0) is 30.3 Å². The van der Waals surface area contributed by atoms with Gasteiger partial charge in [0.05, 0.1) is 18.9 Å². The Labute approximate surface area is 162 Å². The molecule has 140 valence electrons. The van der Waals surface area contributed by atoms with Crippen molar-refractivity contribution in [2.75, 3.05) is 7.11 Å². The average Bonchev–Trinajstić information content (AvgIpc) is 3.20. The van der Waals surface area contributed by atoms with Crippen molar-refractivity contribution in [2.45, 2.75) is 18.7 Å². The summed E-state index contributed by atoms with van der Waals surface area (Å²) in [4.78, 5) is 0. The number of halogens is 1. The number of hydrogen-bond donors (Lipinski definition) is 0. The van der Waals surface area contributed by atoms with E-state index in [0.717, 1.165) is 40.3 Å². The molecule has 0 unspecified atom stereocenters. The van der Waals surface area contributed by atoms with Crippen LogP contribution in [0.1, 0.15) is 35.4 Å². The second kappa shape index (κ2) is 6.68. The van der Waals surface area contributed by atoms with E-state index in [1.165, 1.54) is 12.1 Å². The molecule has 3 aromatic rings. The summed E-state index contributed by atoms with van der Waals surface area (Å²) in [6, 6.07) is 22.5. The smallest absolute Gasteiger partial charge is 0.213 e. The van der Waals surface area contributed by atoms with E-state index in [1.54, 1.807) is 19.2 Å². The standard InChI is InChI=1S/C23H19FN2O2/c1-27-18-6-4-5-16(13-18)20-14-21-19-7-2-3-8-22(19)28-23(26(21)25-20)15-9-11-17(24)12-10-15/h2-13,21,23H,14H2,1H3/t21-,23-/m0/s1. The summed E-state index contributed by atoms with van der Waals surface area (Å²) >= 11 is 0. The Hall–Kier alpha value is -3.34. The van der Waals surface area contributed by atoms with Gasteiger partial charge in [-0.2, -0.15) is 5.10 Å². The molecule has 4 nitrogen and oxygen atoms in total. The molecule has 0 fully saturated rings. The van der Waals surface area contributed by atoms with Crippen LogP contribution >= 0.6 is 0 Å². The number of methoxy groups -OCH3 is 1. The van der Waals surface area contributed by atoms with Gasteiger partial charge in [0.1, 0.15) is 17.3 Å². The quantitative estimate of drug-likeness (QED) is 0.641. The van der Waals surface area contributed by atoms with Gasteiger partial charge in [-0.1, -0.05) is 42.5 Å². The highest BCUT2D eigenvalue weighted by molar-refractivity contribution is 6.02. The molecule has 0 saturated carbocycles. The summed E-state index contributed by atoms with van der Waals surface area (Å²) in [5.74, 6) is 1.38. The Morgan fingerprint density at radius 3 is 2.68 bits per heavy atom. The molecule has 0 aromatic heterocycles. The third kappa shape index (κ3) is 2.80. The molecule has 2 heterocycles. The summed E-state index contributed by atoms with van der Waals surface area (Å²) in [6.07, 6.45) is 0.370. The molecule has 0 aliphatic carbocycles. The predicted octanol–water partition coefficient (Wildman–Crippen LogP) is 5.08. The zero-order chi connectivity index (χ0) is 19.1. The average molecular weight is 374 g/mol. The second-order valence-corrected chi connectivity index (χ2v) is 6.94. The van der Waals surface area contributed by atoms with Gasteiger partial charge in [-0.25, -0.2) is 9.40 Å². The predicted molar refractivity (Wildman–Crippen MR) is 105 cm³/mol. The van der Waals surface area contributed by atoms with E-state index in [9.17, 15) is 4.39 Å². The zero-order valence-electron chi connectivity index (χ0n) is 15.4. The first-order chi connectivity index (χ1) is 13.7. The minimum absolute atomic E-state index is 0.0706. The van der Waals surface area contributed by atoms with E-state index in [2.05, 4.69) is 6.07 Å². The van der Waals surface area contributed by atoms with Gasteiger partial charge in [-0.3, -0.25) is 0 Å². The Kier molecular flexibility index (Phi) is 4.01. The van der Waals surface area contributed by atoms with E-state index in [0.29, 0.717) is 0 Å². The maximum absolute atomic E-state index is 13.4. The number of para-hydroxylation sites is 1. The molecule has 28 heavy (non-hydrogen) atoms. The maximum atomic E-state index is 13.4. The van der Waals surface area contributed by atoms with Crippen LogP contribution in [0.5, 0.6) is 11.5 Å². The number of nitrogens with zero attached hydrogens (tertiary/aromatic N) is 2. The van der Waals surface area contributed by atoms with E-state index < -0.39 is 6.23 Å². The molecule has 0 N–H and O–H groups in total. The van der Waals surface area contributed by atoms with E-state index >= 15 is 0 Å². The fourth-order valence-electron chi connectivity index (χ4n) is 3.86. The van der Waals surface area contributed by atoms with Gasteiger partial charge in [0.2, 0.25) is 6.23 Å². The summed E-state index contributed by atoms with van der Waals surface area (Å²) in [6.45, 7) is 0. The van der Waals surface area contributed by atoms with Crippen LogP contribution in [0.15, 0.2) is 77.9 Å². The van der Waals surface area contributed by atoms with Crippen LogP contribution in [0.25, 0.3) is 0 Å². The van der Waals surface area contributed by atoms with Crippen LogP contribution in [-0.2, 0) is 0 Å². The first-order valence-electron chi connectivity index (χ1n) is 9.24. The Bertz CT molecular complexity index is 1050. The lowest BCUT2D eigenvalue weighted by Crippen LogP contribution is -2.33. The zero-order valence-corrected chi connectivity index (χ0v) is 15.4. The topological polar surface area (TPSA) is 34.1 Å². The normalized spacial score (nSPS) is 20.1. The number of benzene rings is 3. The summed E-state index contributed by atoms with van der Waals surface area (Å²) in [5, 5.41) is 6.90. The molecule has 0 amide bonds. The fourth-order valence-corrected chi connectivity index (χ4v) is 3.86. The van der Waals surface area contributed by atoms with Crippen molar-refractivity contribution in [1.82, 2.24) is 5.01 Å². The van der Waals surface area contributed by atoms with Crippen LogP contribution in [0.3, 0.4) is 0 Å². The number of hydrazone groups is 1. The first kappa shape index (κ1) is 16.8. The van der Waals surface area contributed by atoms with Gasteiger partial charge >= 0.3 is 0 Å². The molecule has 5 rings (SSSR count). The van der Waals surface area contributed by atoms with Crippen molar-refractivity contribution in [2.24, 2.45) is 5.10 Å². The van der Waals surface area contributed by atoms with Gasteiger partial charge < -0.3 is 9.47 Å². The summed E-state index contributed by atoms with van der Waals surface area (Å²) in [7, 11) is 1.66. The maximum Gasteiger partial charge on any atom is 0.213 e. The minimum atomic E-state index is -0.399. The Morgan fingerprint density at radius 2 is 1.86 bits per heavy atom. The van der Waals surface area contributed by atoms with Crippen molar-refractivity contribution >= 4 is 5.71 Å². The highest BCUT2D eigenvalue weighted by Crippen LogP contribution is 2.47. The highest BCUT2D eigenvalue weighted by Gasteiger charge is 2.40. The van der Waals surface area contributed by atoms with Crippen LogP contribution in [0, 0.1) is 5.82 Å². The van der Waals surface area contributed by atoms with Crippen molar-refractivity contribution < 1.29 is 13.9 Å². The van der Waals surface area contributed by atoms with E-state index in [-0.39, 0.29) is 11.9 Å². The fraction of sp³-hybridized carbons (Fsp3) is 0.174. The second-order valence-electron chi connectivity index (χ2n) is 6.94. The lowest BCUT2D eigenvalue weighted by atomic mass is 9.96. The number of fused-ring (bicyclic) bond motifs is 3. The van der Waals surface area contributed by atoms with Gasteiger partial charge in [0, 0.05) is 23.1 Å². The molecule has 5 heteroatoms. The first-order valence-corrected chi connectivity index (χ1v) is 9.24. The van der Waals surface area contributed by atoms with E-state index in [4.69, 9.17) is 14.6 Å². The molecule has 0 spiro atoms. The van der Waals surface area contributed by atoms with Crippen LogP contribution in [0.4, 0.5) is 4.39 Å². The lowest BCUT2D eigenvalue weighted by Gasteiger charge is -2.38. The Balaban J connectivity index is 1.58. The van der Waals surface area contributed by atoms with Crippen LogP contribution < -0.4 is 9.47 Å². The third-order valence-electron chi connectivity index (χ3n) is 5.26. The number of hydrogen-bond acceptors (Lipinski definition) is 4. The van der Waals surface area contributed by atoms with Crippen molar-refractivity contribution in [3.05, 3.63) is 95.3 Å². The van der Waals surface area contributed by atoms with Crippen LogP contribution in [-0.4, -0.2) is 17.8 Å². The highest BCUT2D eigenvalue weighted by atomic mass is 19.1. The van der Waals surface area contributed by atoms with Gasteiger partial charge in [0.15, 0.2) is 0 Å². The third-order valence-corrected chi connectivity index (χ3v) is 5.26. The molecular weight excluding hydrogens is 355 g/mol. The lowest BCUT2D eigenvalue weighted by molar-refractivity contribution is -0.0190. The molecule has 2 aliphatic heterocycles.